The minimum absolute atomic E-state index is 0.00946. The first-order valence-corrected chi connectivity index (χ1v) is 6.66. The molecule has 0 aliphatic rings. The molecule has 2 nitrogen and oxygen atoms in total. The molecular formula is C18H18O2. The predicted octanol–water partition coefficient (Wildman–Crippen LogP) is 4.18. The van der Waals surface area contributed by atoms with Gasteiger partial charge in [0.25, 0.3) is 0 Å². The molecule has 2 rings (SSSR count). The molecule has 0 amide bonds. The van der Waals surface area contributed by atoms with Crippen molar-refractivity contribution in [2.45, 2.75) is 13.8 Å². The molecule has 0 aliphatic heterocycles. The third-order valence-electron chi connectivity index (χ3n) is 2.99. The zero-order valence-corrected chi connectivity index (χ0v) is 11.8. The van der Waals surface area contributed by atoms with Crippen molar-refractivity contribution in [1.82, 2.24) is 0 Å². The summed E-state index contributed by atoms with van der Waals surface area (Å²) in [5.74, 6) is 0.618. The third-order valence-corrected chi connectivity index (χ3v) is 2.99. The van der Waals surface area contributed by atoms with Gasteiger partial charge in [0.1, 0.15) is 12.4 Å². The molecule has 0 spiro atoms. The average Bonchev–Trinajstić information content (AvgIpc) is 2.49. The van der Waals surface area contributed by atoms with E-state index in [0.29, 0.717) is 23.5 Å². The molecule has 0 aromatic heterocycles. The van der Waals surface area contributed by atoms with Crippen LogP contribution in [0, 0.1) is 6.92 Å². The molecule has 20 heavy (non-hydrogen) atoms. The second-order valence-electron chi connectivity index (χ2n) is 4.57. The Labute approximate surface area is 119 Å². The summed E-state index contributed by atoms with van der Waals surface area (Å²) < 4.78 is 5.67. The topological polar surface area (TPSA) is 26.3 Å². The van der Waals surface area contributed by atoms with Crippen molar-refractivity contribution >= 4 is 5.78 Å². The smallest absolute Gasteiger partial charge is 0.196 e. The molecule has 0 N–H and O–H groups in total. The van der Waals surface area contributed by atoms with E-state index in [4.69, 9.17) is 4.74 Å². The molecule has 0 aliphatic carbocycles. The normalized spacial score (nSPS) is 10.7. The highest BCUT2D eigenvalue weighted by Gasteiger charge is 2.14. The highest BCUT2D eigenvalue weighted by atomic mass is 16.5. The van der Waals surface area contributed by atoms with E-state index in [1.54, 1.807) is 0 Å². The summed E-state index contributed by atoms with van der Waals surface area (Å²) >= 11 is 0. The van der Waals surface area contributed by atoms with Gasteiger partial charge >= 0.3 is 0 Å². The monoisotopic (exact) mass is 266 g/mol. The number of rotatable bonds is 5. The van der Waals surface area contributed by atoms with Crippen LogP contribution in [-0.4, -0.2) is 12.4 Å². The summed E-state index contributed by atoms with van der Waals surface area (Å²) in [4.78, 5) is 12.6. The summed E-state index contributed by atoms with van der Waals surface area (Å²) in [5, 5.41) is 0. The van der Waals surface area contributed by atoms with E-state index in [2.05, 4.69) is 0 Å². The van der Waals surface area contributed by atoms with Crippen LogP contribution in [0.15, 0.2) is 60.7 Å². The number of carbonyl (C=O) groups is 1. The fourth-order valence-electron chi connectivity index (χ4n) is 1.93. The van der Waals surface area contributed by atoms with Crippen LogP contribution in [0.2, 0.25) is 0 Å². The van der Waals surface area contributed by atoms with Gasteiger partial charge < -0.3 is 4.74 Å². The number of ether oxygens (including phenoxy) is 1. The molecule has 2 aromatic rings. The lowest BCUT2D eigenvalue weighted by Gasteiger charge is -2.10. The van der Waals surface area contributed by atoms with Crippen LogP contribution in [0.3, 0.4) is 0 Å². The lowest BCUT2D eigenvalue weighted by atomic mass is 10.0. The van der Waals surface area contributed by atoms with Crippen molar-refractivity contribution in [2.75, 3.05) is 6.61 Å². The Bertz CT molecular complexity index is 613. The molecule has 0 saturated heterocycles. The summed E-state index contributed by atoms with van der Waals surface area (Å²) in [6.07, 6.45) is 3.84. The first kappa shape index (κ1) is 14.1. The second kappa shape index (κ2) is 6.71. The number of hydrogen-bond acceptors (Lipinski definition) is 2. The summed E-state index contributed by atoms with van der Waals surface area (Å²) in [6, 6.07) is 15.0. The van der Waals surface area contributed by atoms with Crippen LogP contribution in [-0.2, 0) is 0 Å². The SMILES string of the molecule is CC=CCOc1ccc(C)cc1C(=O)c1ccccc1. The van der Waals surface area contributed by atoms with Gasteiger partial charge in [0.15, 0.2) is 5.78 Å². The molecule has 0 fully saturated rings. The lowest BCUT2D eigenvalue weighted by molar-refractivity contribution is 0.103. The van der Waals surface area contributed by atoms with E-state index in [9.17, 15) is 4.79 Å². The Morgan fingerprint density at radius 1 is 1.15 bits per heavy atom. The van der Waals surface area contributed by atoms with E-state index in [-0.39, 0.29) is 5.78 Å². The van der Waals surface area contributed by atoms with E-state index in [1.807, 2.05) is 74.5 Å². The quantitative estimate of drug-likeness (QED) is 0.599. The van der Waals surface area contributed by atoms with Gasteiger partial charge in [0.05, 0.1) is 5.56 Å². The molecule has 2 heteroatoms. The lowest BCUT2D eigenvalue weighted by Crippen LogP contribution is -2.06. The molecule has 0 atom stereocenters. The Kier molecular flexibility index (Phi) is 4.72. The highest BCUT2D eigenvalue weighted by molar-refractivity contribution is 6.10. The zero-order chi connectivity index (χ0) is 14.4. The van der Waals surface area contributed by atoms with Crippen molar-refractivity contribution in [3.05, 3.63) is 77.4 Å². The van der Waals surface area contributed by atoms with Crippen LogP contribution in [0.5, 0.6) is 5.75 Å². The molecule has 102 valence electrons. The number of ketones is 1. The Morgan fingerprint density at radius 3 is 2.60 bits per heavy atom. The number of allylic oxidation sites excluding steroid dienone is 1. The molecule has 0 unspecified atom stereocenters. The maximum absolute atomic E-state index is 12.6. The minimum atomic E-state index is -0.00946. The first-order valence-electron chi connectivity index (χ1n) is 6.66. The van der Waals surface area contributed by atoms with E-state index in [0.717, 1.165) is 5.56 Å². The van der Waals surface area contributed by atoms with E-state index in [1.165, 1.54) is 0 Å². The van der Waals surface area contributed by atoms with Gasteiger partial charge in [-0.1, -0.05) is 54.1 Å². The van der Waals surface area contributed by atoms with Crippen LogP contribution < -0.4 is 4.74 Å². The average molecular weight is 266 g/mol. The Morgan fingerprint density at radius 2 is 1.90 bits per heavy atom. The summed E-state index contributed by atoms with van der Waals surface area (Å²) in [6.45, 7) is 4.38. The van der Waals surface area contributed by atoms with Crippen molar-refractivity contribution < 1.29 is 9.53 Å². The molecule has 0 saturated carbocycles. The van der Waals surface area contributed by atoms with Crippen LogP contribution in [0.4, 0.5) is 0 Å². The zero-order valence-electron chi connectivity index (χ0n) is 11.8. The van der Waals surface area contributed by atoms with Gasteiger partial charge in [-0.3, -0.25) is 4.79 Å². The number of benzene rings is 2. The molecular weight excluding hydrogens is 248 g/mol. The van der Waals surface area contributed by atoms with Gasteiger partial charge in [-0.25, -0.2) is 0 Å². The third kappa shape index (κ3) is 3.35. The fraction of sp³-hybridized carbons (Fsp3) is 0.167. The van der Waals surface area contributed by atoms with Gasteiger partial charge in [0.2, 0.25) is 0 Å². The summed E-state index contributed by atoms with van der Waals surface area (Å²) in [5.41, 5.74) is 2.33. The van der Waals surface area contributed by atoms with Crippen molar-refractivity contribution in [1.29, 1.82) is 0 Å². The summed E-state index contributed by atoms with van der Waals surface area (Å²) in [7, 11) is 0. The largest absolute Gasteiger partial charge is 0.489 e. The highest BCUT2D eigenvalue weighted by Crippen LogP contribution is 2.23. The first-order chi connectivity index (χ1) is 9.72. The van der Waals surface area contributed by atoms with E-state index >= 15 is 0 Å². The maximum atomic E-state index is 12.6. The number of hydrogen-bond donors (Lipinski definition) is 0. The van der Waals surface area contributed by atoms with E-state index < -0.39 is 0 Å². The Hall–Kier alpha value is -2.35. The standard InChI is InChI=1S/C18H18O2/c1-3-4-12-20-17-11-10-14(2)13-16(17)18(19)15-8-6-5-7-9-15/h3-11,13H,12H2,1-2H3. The molecule has 0 radical (unpaired) electrons. The van der Waals surface area contributed by atoms with Gasteiger partial charge in [-0.2, -0.15) is 0 Å². The Balaban J connectivity index is 2.34. The molecule has 2 aromatic carbocycles. The van der Waals surface area contributed by atoms with Crippen molar-refractivity contribution in [3.8, 4) is 5.75 Å². The second-order valence-corrected chi connectivity index (χ2v) is 4.57. The van der Waals surface area contributed by atoms with Gasteiger partial charge in [0, 0.05) is 5.56 Å². The van der Waals surface area contributed by atoms with Crippen molar-refractivity contribution in [2.24, 2.45) is 0 Å². The van der Waals surface area contributed by atoms with Gasteiger partial charge in [-0.15, -0.1) is 0 Å². The van der Waals surface area contributed by atoms with Crippen LogP contribution in [0.25, 0.3) is 0 Å². The predicted molar refractivity (Wildman–Crippen MR) is 81.4 cm³/mol. The molecule has 0 heterocycles. The van der Waals surface area contributed by atoms with Crippen LogP contribution in [0.1, 0.15) is 28.4 Å². The number of aryl methyl sites for hydroxylation is 1. The molecule has 0 bridgehead atoms. The minimum Gasteiger partial charge on any atom is -0.489 e. The maximum Gasteiger partial charge on any atom is 0.196 e. The van der Waals surface area contributed by atoms with Gasteiger partial charge in [-0.05, 0) is 26.0 Å². The van der Waals surface area contributed by atoms with Crippen molar-refractivity contribution in [3.63, 3.8) is 0 Å². The number of carbonyl (C=O) groups excluding carboxylic acids is 1. The van der Waals surface area contributed by atoms with Crippen LogP contribution >= 0.6 is 0 Å². The fourth-order valence-corrected chi connectivity index (χ4v) is 1.93.